The number of fused-ring (bicyclic) bond motifs is 1. The van der Waals surface area contributed by atoms with E-state index in [-0.39, 0.29) is 36.0 Å². The third kappa shape index (κ3) is 4.01. The van der Waals surface area contributed by atoms with Crippen LogP contribution in [0.25, 0.3) is 0 Å². The number of amides is 3. The summed E-state index contributed by atoms with van der Waals surface area (Å²) in [5.41, 5.74) is 2.14. The maximum atomic E-state index is 13.2. The fourth-order valence-electron chi connectivity index (χ4n) is 4.57. The molecular formula is C24H31N5O3. The largest absolute Gasteiger partial charge is 0.351 e. The normalized spacial score (nSPS) is 21.2. The van der Waals surface area contributed by atoms with Crippen molar-refractivity contribution in [2.75, 3.05) is 12.4 Å². The molecule has 1 fully saturated rings. The molecule has 0 radical (unpaired) electrons. The Morgan fingerprint density at radius 1 is 1.12 bits per heavy atom. The molecule has 1 aromatic carbocycles. The van der Waals surface area contributed by atoms with Crippen molar-refractivity contribution in [3.63, 3.8) is 0 Å². The van der Waals surface area contributed by atoms with Crippen molar-refractivity contribution in [3.8, 4) is 0 Å². The summed E-state index contributed by atoms with van der Waals surface area (Å²) < 4.78 is 1.49. The third-order valence-corrected chi connectivity index (χ3v) is 6.79. The predicted octanol–water partition coefficient (Wildman–Crippen LogP) is 3.05. The van der Waals surface area contributed by atoms with Gasteiger partial charge in [0, 0.05) is 24.8 Å². The van der Waals surface area contributed by atoms with E-state index in [4.69, 9.17) is 0 Å². The van der Waals surface area contributed by atoms with Gasteiger partial charge in [-0.3, -0.25) is 19.1 Å². The molecule has 2 aromatic rings. The van der Waals surface area contributed by atoms with Gasteiger partial charge in [-0.1, -0.05) is 37.0 Å². The third-order valence-electron chi connectivity index (χ3n) is 6.79. The van der Waals surface area contributed by atoms with Crippen molar-refractivity contribution in [1.29, 1.82) is 0 Å². The van der Waals surface area contributed by atoms with Crippen LogP contribution >= 0.6 is 0 Å². The standard InChI is InChI=1S/C24H31N5O3/c1-15-10-11-18(16(2)12-15)26-21(30)19-13-20-22(31)28(4)24(3,14-29(20)27-19)23(32)25-17-8-6-5-7-9-17/h10-13,17H,5-9,14H2,1-4H3,(H,25,32)(H,26,30)/t24-/m1/s1. The number of benzene rings is 1. The summed E-state index contributed by atoms with van der Waals surface area (Å²) >= 11 is 0. The van der Waals surface area contributed by atoms with E-state index in [9.17, 15) is 14.4 Å². The highest BCUT2D eigenvalue weighted by Gasteiger charge is 2.46. The first-order valence-electron chi connectivity index (χ1n) is 11.2. The van der Waals surface area contributed by atoms with Crippen LogP contribution in [0.3, 0.4) is 0 Å². The Morgan fingerprint density at radius 3 is 2.53 bits per heavy atom. The van der Waals surface area contributed by atoms with Crippen LogP contribution in [-0.4, -0.2) is 51.0 Å². The minimum absolute atomic E-state index is 0.148. The summed E-state index contributed by atoms with van der Waals surface area (Å²) in [7, 11) is 1.63. The van der Waals surface area contributed by atoms with E-state index in [1.807, 2.05) is 32.0 Å². The highest BCUT2D eigenvalue weighted by atomic mass is 16.2. The van der Waals surface area contributed by atoms with Gasteiger partial charge in [0.15, 0.2) is 5.69 Å². The van der Waals surface area contributed by atoms with Gasteiger partial charge >= 0.3 is 0 Å². The van der Waals surface area contributed by atoms with E-state index in [1.165, 1.54) is 22.1 Å². The maximum absolute atomic E-state index is 13.2. The van der Waals surface area contributed by atoms with Crippen molar-refractivity contribution in [2.45, 2.75) is 71.0 Å². The van der Waals surface area contributed by atoms with Crippen LogP contribution in [-0.2, 0) is 11.3 Å². The zero-order chi connectivity index (χ0) is 23.0. The second-order valence-electron chi connectivity index (χ2n) is 9.29. The molecular weight excluding hydrogens is 406 g/mol. The zero-order valence-corrected chi connectivity index (χ0v) is 19.2. The molecule has 1 aliphatic heterocycles. The van der Waals surface area contributed by atoms with E-state index in [1.54, 1.807) is 14.0 Å². The van der Waals surface area contributed by atoms with Crippen molar-refractivity contribution in [1.82, 2.24) is 20.0 Å². The molecule has 2 N–H and O–H groups in total. The van der Waals surface area contributed by atoms with Crippen LogP contribution < -0.4 is 10.6 Å². The summed E-state index contributed by atoms with van der Waals surface area (Å²) in [6.45, 7) is 5.87. The molecule has 0 spiro atoms. The zero-order valence-electron chi connectivity index (χ0n) is 19.2. The molecule has 8 nitrogen and oxygen atoms in total. The van der Waals surface area contributed by atoms with Crippen molar-refractivity contribution < 1.29 is 14.4 Å². The summed E-state index contributed by atoms with van der Waals surface area (Å²) in [5.74, 6) is -0.888. The Kier molecular flexibility index (Phi) is 5.79. The number of hydrogen-bond acceptors (Lipinski definition) is 4. The molecule has 32 heavy (non-hydrogen) atoms. The Balaban J connectivity index is 1.54. The number of nitrogens with one attached hydrogen (secondary N) is 2. The molecule has 1 aliphatic carbocycles. The van der Waals surface area contributed by atoms with Crippen LogP contribution in [0.4, 0.5) is 5.69 Å². The Bertz CT molecular complexity index is 1070. The first-order valence-corrected chi connectivity index (χ1v) is 11.2. The highest BCUT2D eigenvalue weighted by Crippen LogP contribution is 2.27. The maximum Gasteiger partial charge on any atom is 0.276 e. The van der Waals surface area contributed by atoms with E-state index in [0.717, 1.165) is 36.8 Å². The summed E-state index contributed by atoms with van der Waals surface area (Å²) in [5, 5.41) is 10.4. The average molecular weight is 438 g/mol. The van der Waals surface area contributed by atoms with Gasteiger partial charge in [0.2, 0.25) is 5.91 Å². The van der Waals surface area contributed by atoms with Gasteiger partial charge in [-0.25, -0.2) is 0 Å². The van der Waals surface area contributed by atoms with Crippen molar-refractivity contribution in [2.24, 2.45) is 0 Å². The summed E-state index contributed by atoms with van der Waals surface area (Å²) in [6, 6.07) is 7.41. The molecule has 4 rings (SSSR count). The number of anilines is 1. The highest BCUT2D eigenvalue weighted by molar-refractivity contribution is 6.06. The van der Waals surface area contributed by atoms with Gasteiger partial charge in [-0.05, 0) is 45.2 Å². The van der Waals surface area contributed by atoms with Crippen LogP contribution in [0.2, 0.25) is 0 Å². The Labute approximate surface area is 188 Å². The van der Waals surface area contributed by atoms with Crippen LogP contribution in [0, 0.1) is 13.8 Å². The fourth-order valence-corrected chi connectivity index (χ4v) is 4.57. The van der Waals surface area contributed by atoms with Crippen LogP contribution in [0.1, 0.15) is 71.1 Å². The van der Waals surface area contributed by atoms with E-state index >= 15 is 0 Å². The number of rotatable bonds is 4. The molecule has 2 heterocycles. The Morgan fingerprint density at radius 2 is 1.84 bits per heavy atom. The first kappa shape index (κ1) is 22.0. The number of hydrogen-bond donors (Lipinski definition) is 2. The molecule has 1 saturated carbocycles. The van der Waals surface area contributed by atoms with E-state index in [0.29, 0.717) is 11.4 Å². The van der Waals surface area contributed by atoms with Gasteiger partial charge in [0.1, 0.15) is 11.2 Å². The predicted molar refractivity (Wildman–Crippen MR) is 122 cm³/mol. The lowest BCUT2D eigenvalue weighted by Crippen LogP contribution is -2.63. The summed E-state index contributed by atoms with van der Waals surface area (Å²) in [6.07, 6.45) is 5.35. The fraction of sp³-hybridized carbons (Fsp3) is 0.500. The quantitative estimate of drug-likeness (QED) is 0.768. The number of likely N-dealkylation sites (N-methyl/N-ethyl adjacent to an activating group) is 1. The van der Waals surface area contributed by atoms with Gasteiger partial charge in [-0.15, -0.1) is 0 Å². The molecule has 2 aliphatic rings. The smallest absolute Gasteiger partial charge is 0.276 e. The minimum atomic E-state index is -1.07. The van der Waals surface area contributed by atoms with Gasteiger partial charge in [-0.2, -0.15) is 5.10 Å². The molecule has 8 heteroatoms. The number of aromatic nitrogens is 2. The van der Waals surface area contributed by atoms with Gasteiger partial charge < -0.3 is 15.5 Å². The molecule has 170 valence electrons. The van der Waals surface area contributed by atoms with E-state index in [2.05, 4.69) is 15.7 Å². The number of aryl methyl sites for hydroxylation is 2. The molecule has 3 amide bonds. The van der Waals surface area contributed by atoms with E-state index < -0.39 is 5.54 Å². The molecule has 0 unspecified atom stereocenters. The van der Waals surface area contributed by atoms with Gasteiger partial charge in [0.25, 0.3) is 11.8 Å². The molecule has 0 bridgehead atoms. The van der Waals surface area contributed by atoms with Crippen LogP contribution in [0.15, 0.2) is 24.3 Å². The minimum Gasteiger partial charge on any atom is -0.351 e. The van der Waals surface area contributed by atoms with Gasteiger partial charge in [0.05, 0.1) is 6.54 Å². The average Bonchev–Trinajstić information content (AvgIpc) is 3.18. The summed E-state index contributed by atoms with van der Waals surface area (Å²) in [4.78, 5) is 40.5. The first-order chi connectivity index (χ1) is 15.2. The number of nitrogens with zero attached hydrogens (tertiary/aromatic N) is 3. The topological polar surface area (TPSA) is 96.3 Å². The second kappa shape index (κ2) is 8.41. The Hall–Kier alpha value is -3.16. The molecule has 1 atom stereocenters. The number of carbonyl (C=O) groups is 3. The van der Waals surface area contributed by atoms with Crippen molar-refractivity contribution >= 4 is 23.4 Å². The molecule has 0 saturated heterocycles. The lowest BCUT2D eigenvalue weighted by atomic mass is 9.92. The lowest BCUT2D eigenvalue weighted by molar-refractivity contribution is -0.133. The van der Waals surface area contributed by atoms with Crippen molar-refractivity contribution in [3.05, 3.63) is 46.8 Å². The van der Waals surface area contributed by atoms with Crippen LogP contribution in [0.5, 0.6) is 0 Å². The SMILES string of the molecule is Cc1ccc(NC(=O)c2cc3n(n2)C[C@](C)(C(=O)NC2CCCCC2)N(C)C3=O)c(C)c1. The second-order valence-corrected chi connectivity index (χ2v) is 9.29. The lowest BCUT2D eigenvalue weighted by Gasteiger charge is -2.41. The monoisotopic (exact) mass is 437 g/mol. The molecule has 1 aromatic heterocycles. The number of carbonyl (C=O) groups excluding carboxylic acids is 3.